The number of nitrogens with zero attached hydrogens (tertiary/aromatic N) is 1. The molecular weight excluding hydrogens is 312 g/mol. The van der Waals surface area contributed by atoms with Gasteiger partial charge in [0.15, 0.2) is 0 Å². The quantitative estimate of drug-likeness (QED) is 0.619. The van der Waals surface area contributed by atoms with Gasteiger partial charge in [0, 0.05) is 0 Å². The highest BCUT2D eigenvalue weighted by atomic mass is 16.5. The molecule has 2 rings (SSSR count). The first-order valence-corrected chi connectivity index (χ1v) is 7.67. The van der Waals surface area contributed by atoms with Crippen molar-refractivity contribution in [1.29, 1.82) is 0 Å². The minimum Gasteiger partial charge on any atom is -0.467 e. The van der Waals surface area contributed by atoms with Crippen LogP contribution in [0.2, 0.25) is 0 Å². The molecule has 0 saturated heterocycles. The highest BCUT2D eigenvalue weighted by molar-refractivity contribution is 6.22. The number of hydrogen-bond acceptors (Lipinski definition) is 5. The second-order valence-electron chi connectivity index (χ2n) is 6.01. The molecule has 0 spiro atoms. The molecule has 0 bridgehead atoms. The molecule has 7 heteroatoms. The van der Waals surface area contributed by atoms with Gasteiger partial charge < -0.3 is 10.1 Å². The number of ether oxygens (including phenoxy) is 1. The highest BCUT2D eigenvalue weighted by Gasteiger charge is 2.36. The fourth-order valence-corrected chi connectivity index (χ4v) is 2.59. The molecule has 3 amide bonds. The number of nitrogens with one attached hydrogen (secondary N) is 1. The Labute approximate surface area is 140 Å². The van der Waals surface area contributed by atoms with Crippen molar-refractivity contribution in [3.8, 4) is 0 Å². The summed E-state index contributed by atoms with van der Waals surface area (Å²) in [5, 5.41) is 2.53. The number of benzene rings is 1. The number of carbonyl (C=O) groups is 4. The molecule has 1 N–H and O–H groups in total. The predicted molar refractivity (Wildman–Crippen MR) is 85.2 cm³/mol. The van der Waals surface area contributed by atoms with Gasteiger partial charge in [-0.2, -0.15) is 0 Å². The molecule has 1 aliphatic rings. The molecule has 1 aromatic rings. The minimum atomic E-state index is -0.808. The lowest BCUT2D eigenvalue weighted by molar-refractivity contribution is -0.145. The Balaban J connectivity index is 2.06. The lowest BCUT2D eigenvalue weighted by Crippen LogP contribution is -2.47. The third kappa shape index (κ3) is 3.61. The summed E-state index contributed by atoms with van der Waals surface area (Å²) in [4.78, 5) is 49.3. The van der Waals surface area contributed by atoms with E-state index in [-0.39, 0.29) is 17.0 Å². The zero-order valence-electron chi connectivity index (χ0n) is 13.9. The second-order valence-corrected chi connectivity index (χ2v) is 6.01. The summed E-state index contributed by atoms with van der Waals surface area (Å²) < 4.78 is 4.68. The van der Waals surface area contributed by atoms with Crippen molar-refractivity contribution in [2.75, 3.05) is 13.7 Å². The summed E-state index contributed by atoms with van der Waals surface area (Å²) in [5.41, 5.74) is 0.559. The lowest BCUT2D eigenvalue weighted by Gasteiger charge is -2.20. The van der Waals surface area contributed by atoms with Crippen LogP contribution in [0, 0.1) is 5.92 Å². The number of fused-ring (bicyclic) bond motifs is 1. The van der Waals surface area contributed by atoms with E-state index in [1.165, 1.54) is 7.11 Å². The molecule has 128 valence electrons. The average Bonchev–Trinajstić information content (AvgIpc) is 2.78. The number of imide groups is 1. The third-order valence-corrected chi connectivity index (χ3v) is 3.71. The normalized spacial score (nSPS) is 14.6. The number of hydrogen-bond donors (Lipinski definition) is 1. The van der Waals surface area contributed by atoms with Crippen LogP contribution in [0.25, 0.3) is 0 Å². The summed E-state index contributed by atoms with van der Waals surface area (Å²) in [7, 11) is 1.24. The largest absolute Gasteiger partial charge is 0.467 e. The number of esters is 1. The minimum absolute atomic E-state index is 0.161. The molecule has 1 atom stereocenters. The Morgan fingerprint density at radius 3 is 2.12 bits per heavy atom. The Bertz CT molecular complexity index is 648. The molecular formula is C17H20N2O5. The molecule has 0 unspecified atom stereocenters. The van der Waals surface area contributed by atoms with Gasteiger partial charge in [-0.25, -0.2) is 4.79 Å². The first-order valence-electron chi connectivity index (χ1n) is 7.67. The average molecular weight is 332 g/mol. The van der Waals surface area contributed by atoms with Crippen LogP contribution < -0.4 is 5.32 Å². The summed E-state index contributed by atoms with van der Waals surface area (Å²) in [5.74, 6) is -2.00. The Hall–Kier alpha value is -2.70. The lowest BCUT2D eigenvalue weighted by atomic mass is 10.0. The summed E-state index contributed by atoms with van der Waals surface area (Å²) in [6, 6.07) is 5.60. The van der Waals surface area contributed by atoms with Crippen LogP contribution in [0.1, 0.15) is 41.0 Å². The molecule has 7 nitrogen and oxygen atoms in total. The molecule has 0 aliphatic carbocycles. The summed E-state index contributed by atoms with van der Waals surface area (Å²) >= 11 is 0. The monoisotopic (exact) mass is 332 g/mol. The standard InChI is InChI=1S/C17H20N2O5/c1-10(2)8-13(17(23)24-3)18-14(20)9-19-15(21)11-6-4-5-7-12(11)16(19)22/h4-7,10,13H,8-9H2,1-3H3,(H,18,20)/t13-/m0/s1. The Kier molecular flexibility index (Phi) is 5.33. The maximum Gasteiger partial charge on any atom is 0.328 e. The SMILES string of the molecule is COC(=O)[C@H](CC(C)C)NC(=O)CN1C(=O)c2ccccc2C1=O. The zero-order valence-corrected chi connectivity index (χ0v) is 13.9. The van der Waals surface area contributed by atoms with E-state index in [2.05, 4.69) is 10.1 Å². The van der Waals surface area contributed by atoms with Crippen molar-refractivity contribution in [1.82, 2.24) is 10.2 Å². The number of rotatable bonds is 6. The first-order chi connectivity index (χ1) is 11.3. The van der Waals surface area contributed by atoms with E-state index in [1.54, 1.807) is 24.3 Å². The van der Waals surface area contributed by atoms with Crippen LogP contribution in [-0.2, 0) is 14.3 Å². The van der Waals surface area contributed by atoms with E-state index in [0.717, 1.165) is 4.90 Å². The third-order valence-electron chi connectivity index (χ3n) is 3.71. The van der Waals surface area contributed by atoms with Gasteiger partial charge in [0.05, 0.1) is 18.2 Å². The maximum absolute atomic E-state index is 12.2. The van der Waals surface area contributed by atoms with E-state index in [4.69, 9.17) is 0 Å². The van der Waals surface area contributed by atoms with Gasteiger partial charge in [0.25, 0.3) is 11.8 Å². The maximum atomic E-state index is 12.2. The molecule has 1 aliphatic heterocycles. The van der Waals surface area contributed by atoms with Crippen LogP contribution >= 0.6 is 0 Å². The van der Waals surface area contributed by atoms with E-state index in [1.807, 2.05) is 13.8 Å². The molecule has 24 heavy (non-hydrogen) atoms. The van der Waals surface area contributed by atoms with Crippen LogP contribution in [-0.4, -0.2) is 48.3 Å². The van der Waals surface area contributed by atoms with Crippen LogP contribution in [0.4, 0.5) is 0 Å². The van der Waals surface area contributed by atoms with Gasteiger partial charge in [-0.1, -0.05) is 26.0 Å². The van der Waals surface area contributed by atoms with Crippen molar-refractivity contribution in [2.45, 2.75) is 26.3 Å². The Morgan fingerprint density at radius 1 is 1.12 bits per heavy atom. The molecule has 1 aromatic carbocycles. The molecule has 0 aromatic heterocycles. The van der Waals surface area contributed by atoms with Crippen molar-refractivity contribution in [3.63, 3.8) is 0 Å². The zero-order chi connectivity index (χ0) is 17.9. The predicted octanol–water partition coefficient (Wildman–Crippen LogP) is 0.986. The van der Waals surface area contributed by atoms with Crippen LogP contribution in [0.3, 0.4) is 0 Å². The van der Waals surface area contributed by atoms with Gasteiger partial charge in [-0.3, -0.25) is 19.3 Å². The van der Waals surface area contributed by atoms with Crippen molar-refractivity contribution in [3.05, 3.63) is 35.4 Å². The van der Waals surface area contributed by atoms with Gasteiger partial charge in [0.1, 0.15) is 12.6 Å². The molecule has 0 fully saturated rings. The van der Waals surface area contributed by atoms with Crippen LogP contribution in [0.5, 0.6) is 0 Å². The van der Waals surface area contributed by atoms with E-state index in [0.29, 0.717) is 6.42 Å². The Morgan fingerprint density at radius 2 is 1.67 bits per heavy atom. The highest BCUT2D eigenvalue weighted by Crippen LogP contribution is 2.22. The van der Waals surface area contributed by atoms with Crippen LogP contribution in [0.15, 0.2) is 24.3 Å². The fraction of sp³-hybridized carbons (Fsp3) is 0.412. The molecule has 0 radical (unpaired) electrons. The van der Waals surface area contributed by atoms with Gasteiger partial charge in [-0.15, -0.1) is 0 Å². The van der Waals surface area contributed by atoms with E-state index in [9.17, 15) is 19.2 Å². The van der Waals surface area contributed by atoms with Gasteiger partial charge >= 0.3 is 5.97 Å². The van der Waals surface area contributed by atoms with E-state index >= 15 is 0 Å². The first kappa shape index (κ1) is 17.7. The molecule has 0 saturated carbocycles. The fourth-order valence-electron chi connectivity index (χ4n) is 2.59. The smallest absolute Gasteiger partial charge is 0.328 e. The number of carbonyl (C=O) groups excluding carboxylic acids is 4. The van der Waals surface area contributed by atoms with Crippen molar-refractivity contribution in [2.24, 2.45) is 5.92 Å². The number of amides is 3. The summed E-state index contributed by atoms with van der Waals surface area (Å²) in [6.07, 6.45) is 0.403. The van der Waals surface area contributed by atoms with Gasteiger partial charge in [-0.05, 0) is 24.5 Å². The topological polar surface area (TPSA) is 92.8 Å². The number of methoxy groups -OCH3 is 1. The second kappa shape index (κ2) is 7.25. The summed E-state index contributed by atoms with van der Waals surface area (Å²) in [6.45, 7) is 3.39. The van der Waals surface area contributed by atoms with Crippen molar-refractivity contribution >= 4 is 23.7 Å². The van der Waals surface area contributed by atoms with Gasteiger partial charge in [0.2, 0.25) is 5.91 Å². The van der Waals surface area contributed by atoms with Crippen molar-refractivity contribution < 1.29 is 23.9 Å². The molecule has 1 heterocycles. The van der Waals surface area contributed by atoms with E-state index < -0.39 is 36.3 Å².